The maximum absolute atomic E-state index is 4.46. The van der Waals surface area contributed by atoms with Crippen LogP contribution in [-0.2, 0) is 5.41 Å². The molecule has 0 atom stereocenters. The minimum atomic E-state index is -0.0411. The molecule has 5 heteroatoms. The first-order valence-electron chi connectivity index (χ1n) is 5.06. The summed E-state index contributed by atoms with van der Waals surface area (Å²) in [5.41, 5.74) is -0.0411. The van der Waals surface area contributed by atoms with Gasteiger partial charge in [-0.1, -0.05) is 20.8 Å². The summed E-state index contributed by atoms with van der Waals surface area (Å²) in [6, 6.07) is 1.84. The first-order valence-corrected chi connectivity index (χ1v) is 5.94. The van der Waals surface area contributed by atoms with Gasteiger partial charge in [-0.2, -0.15) is 0 Å². The van der Waals surface area contributed by atoms with E-state index in [2.05, 4.69) is 41.0 Å². The van der Waals surface area contributed by atoms with E-state index < -0.39 is 0 Å². The zero-order valence-corrected chi connectivity index (χ0v) is 10.4. The minimum Gasteiger partial charge on any atom is -0.316 e. The van der Waals surface area contributed by atoms with Gasteiger partial charge < -0.3 is 5.32 Å². The molecule has 0 saturated heterocycles. The van der Waals surface area contributed by atoms with E-state index in [-0.39, 0.29) is 5.41 Å². The molecule has 0 spiro atoms. The Hall–Kier alpha value is -1.49. The highest BCUT2D eigenvalue weighted by atomic mass is 32.1. The van der Waals surface area contributed by atoms with Crippen LogP contribution in [0.25, 0.3) is 0 Å². The van der Waals surface area contributed by atoms with Gasteiger partial charge in [-0.25, -0.2) is 15.0 Å². The lowest BCUT2D eigenvalue weighted by atomic mass is 9.96. The summed E-state index contributed by atoms with van der Waals surface area (Å²) in [7, 11) is 0. The third-order valence-electron chi connectivity index (χ3n) is 1.99. The summed E-state index contributed by atoms with van der Waals surface area (Å²) in [6.45, 7) is 6.28. The Kier molecular flexibility index (Phi) is 2.87. The number of aromatic nitrogens is 3. The molecule has 0 amide bonds. The molecule has 4 nitrogen and oxygen atoms in total. The van der Waals surface area contributed by atoms with Crippen LogP contribution < -0.4 is 5.32 Å². The number of nitrogens with one attached hydrogen (secondary N) is 1. The van der Waals surface area contributed by atoms with Crippen molar-refractivity contribution < 1.29 is 0 Å². The molecule has 0 bridgehead atoms. The highest BCUT2D eigenvalue weighted by molar-refractivity contribution is 7.13. The lowest BCUT2D eigenvalue weighted by molar-refractivity contribution is 0.546. The predicted molar refractivity (Wildman–Crippen MR) is 66.1 cm³/mol. The molecule has 0 aromatic carbocycles. The van der Waals surface area contributed by atoms with E-state index in [1.807, 2.05) is 11.4 Å². The minimum absolute atomic E-state index is 0.0411. The van der Waals surface area contributed by atoms with E-state index in [1.54, 1.807) is 23.7 Å². The average molecular weight is 234 g/mol. The van der Waals surface area contributed by atoms with Crippen LogP contribution in [0.15, 0.2) is 23.8 Å². The van der Waals surface area contributed by atoms with Crippen molar-refractivity contribution in [1.82, 2.24) is 15.0 Å². The lowest BCUT2D eigenvalue weighted by Gasteiger charge is -2.16. The summed E-state index contributed by atoms with van der Waals surface area (Å²) in [6.07, 6.45) is 3.53. The summed E-state index contributed by atoms with van der Waals surface area (Å²) >= 11 is 1.55. The molecular weight excluding hydrogens is 220 g/mol. The van der Waals surface area contributed by atoms with E-state index in [4.69, 9.17) is 0 Å². The van der Waals surface area contributed by atoms with E-state index in [9.17, 15) is 0 Å². The second-order valence-electron chi connectivity index (χ2n) is 4.48. The molecule has 84 valence electrons. The number of thiazole rings is 1. The van der Waals surface area contributed by atoms with Crippen LogP contribution in [0, 0.1) is 0 Å². The molecule has 0 saturated carbocycles. The summed E-state index contributed by atoms with van der Waals surface area (Å²) in [5.74, 6) is 1.61. The fourth-order valence-electron chi connectivity index (χ4n) is 1.18. The molecule has 0 unspecified atom stereocenters. The van der Waals surface area contributed by atoms with Crippen molar-refractivity contribution >= 4 is 22.3 Å². The van der Waals surface area contributed by atoms with Gasteiger partial charge in [-0.3, -0.25) is 0 Å². The Morgan fingerprint density at radius 2 is 2.00 bits per heavy atom. The molecule has 0 aliphatic rings. The zero-order chi connectivity index (χ0) is 11.6. The second kappa shape index (κ2) is 4.17. The van der Waals surface area contributed by atoms with E-state index in [0.717, 1.165) is 16.8 Å². The van der Waals surface area contributed by atoms with Gasteiger partial charge in [0, 0.05) is 23.2 Å². The topological polar surface area (TPSA) is 50.7 Å². The van der Waals surface area contributed by atoms with Crippen LogP contribution in [0.4, 0.5) is 10.9 Å². The summed E-state index contributed by atoms with van der Waals surface area (Å²) in [5, 5.41) is 5.92. The van der Waals surface area contributed by atoms with Crippen LogP contribution in [0.5, 0.6) is 0 Å². The number of nitrogens with zero attached hydrogens (tertiary/aromatic N) is 3. The average Bonchev–Trinajstić information content (AvgIpc) is 2.70. The van der Waals surface area contributed by atoms with E-state index in [1.165, 1.54) is 0 Å². The van der Waals surface area contributed by atoms with Crippen LogP contribution in [0.2, 0.25) is 0 Å². The SMILES string of the molecule is CC(C)(C)c1nccc(Nc2nccs2)n1. The van der Waals surface area contributed by atoms with Gasteiger partial charge in [0.25, 0.3) is 0 Å². The molecule has 0 radical (unpaired) electrons. The molecule has 0 aliphatic heterocycles. The highest BCUT2D eigenvalue weighted by Crippen LogP contribution is 2.21. The second-order valence-corrected chi connectivity index (χ2v) is 5.37. The van der Waals surface area contributed by atoms with Gasteiger partial charge in [0.15, 0.2) is 5.13 Å². The first kappa shape index (κ1) is 11.0. The Morgan fingerprint density at radius 1 is 1.19 bits per heavy atom. The Morgan fingerprint density at radius 3 is 2.62 bits per heavy atom. The standard InChI is InChI=1S/C11H14N4S/c1-11(2,3)9-12-5-4-8(14-9)15-10-13-6-7-16-10/h4-7H,1-3H3,(H,12,13,14,15). The van der Waals surface area contributed by atoms with Gasteiger partial charge in [0.1, 0.15) is 11.6 Å². The lowest BCUT2D eigenvalue weighted by Crippen LogP contribution is -2.16. The molecule has 0 fully saturated rings. The maximum atomic E-state index is 4.46. The third-order valence-corrected chi connectivity index (χ3v) is 2.68. The molecule has 2 heterocycles. The van der Waals surface area contributed by atoms with Crippen molar-refractivity contribution in [3.8, 4) is 0 Å². The quantitative estimate of drug-likeness (QED) is 0.868. The van der Waals surface area contributed by atoms with Crippen molar-refractivity contribution in [1.29, 1.82) is 0 Å². The van der Waals surface area contributed by atoms with E-state index >= 15 is 0 Å². The molecule has 2 rings (SSSR count). The van der Waals surface area contributed by atoms with Crippen molar-refractivity contribution in [2.45, 2.75) is 26.2 Å². The fraction of sp³-hybridized carbons (Fsp3) is 0.364. The van der Waals surface area contributed by atoms with Crippen LogP contribution in [-0.4, -0.2) is 15.0 Å². The van der Waals surface area contributed by atoms with Crippen LogP contribution in [0.3, 0.4) is 0 Å². The van der Waals surface area contributed by atoms with Crippen molar-refractivity contribution in [3.63, 3.8) is 0 Å². The first-order chi connectivity index (χ1) is 7.55. The zero-order valence-electron chi connectivity index (χ0n) is 9.56. The number of anilines is 2. The molecule has 0 aliphatic carbocycles. The number of rotatable bonds is 2. The fourth-order valence-corrected chi connectivity index (χ4v) is 1.72. The summed E-state index contributed by atoms with van der Waals surface area (Å²) < 4.78 is 0. The smallest absolute Gasteiger partial charge is 0.188 e. The summed E-state index contributed by atoms with van der Waals surface area (Å²) in [4.78, 5) is 12.9. The molecule has 1 N–H and O–H groups in total. The van der Waals surface area contributed by atoms with Gasteiger partial charge >= 0.3 is 0 Å². The molecule has 16 heavy (non-hydrogen) atoms. The molecular formula is C11H14N4S. The Bertz CT molecular complexity index is 459. The van der Waals surface area contributed by atoms with Gasteiger partial charge in [0.05, 0.1) is 0 Å². The normalized spacial score (nSPS) is 11.4. The highest BCUT2D eigenvalue weighted by Gasteiger charge is 2.17. The predicted octanol–water partition coefficient (Wildman–Crippen LogP) is 2.97. The molecule has 2 aromatic heterocycles. The Balaban J connectivity index is 2.23. The maximum Gasteiger partial charge on any atom is 0.188 e. The van der Waals surface area contributed by atoms with Crippen LogP contribution in [0.1, 0.15) is 26.6 Å². The number of hydrogen-bond donors (Lipinski definition) is 1. The van der Waals surface area contributed by atoms with E-state index in [0.29, 0.717) is 0 Å². The Labute approximate surface area is 98.8 Å². The van der Waals surface area contributed by atoms with Crippen LogP contribution >= 0.6 is 11.3 Å². The van der Waals surface area contributed by atoms with Gasteiger partial charge in [-0.05, 0) is 6.07 Å². The van der Waals surface area contributed by atoms with Gasteiger partial charge in [0.2, 0.25) is 0 Å². The van der Waals surface area contributed by atoms with Crippen molar-refractivity contribution in [3.05, 3.63) is 29.7 Å². The third kappa shape index (κ3) is 2.55. The monoisotopic (exact) mass is 234 g/mol. The van der Waals surface area contributed by atoms with Crippen molar-refractivity contribution in [2.24, 2.45) is 0 Å². The largest absolute Gasteiger partial charge is 0.316 e. The van der Waals surface area contributed by atoms with Gasteiger partial charge in [-0.15, -0.1) is 11.3 Å². The number of hydrogen-bond acceptors (Lipinski definition) is 5. The molecule has 2 aromatic rings. The van der Waals surface area contributed by atoms with Crippen molar-refractivity contribution in [2.75, 3.05) is 5.32 Å².